The maximum atomic E-state index is 10.7. The maximum absolute atomic E-state index is 10.7. The van der Waals surface area contributed by atoms with Gasteiger partial charge < -0.3 is 10.2 Å². The summed E-state index contributed by atoms with van der Waals surface area (Å²) in [7, 11) is 0. The molecule has 0 saturated heterocycles. The Morgan fingerprint density at radius 1 is 1.40 bits per heavy atom. The largest absolute Gasteiger partial charge is 0.507 e. The average Bonchev–Trinajstić information content (AvgIpc) is 2.67. The fourth-order valence-corrected chi connectivity index (χ4v) is 1.69. The second kappa shape index (κ2) is 3.73. The molecule has 1 aromatic rings. The van der Waals surface area contributed by atoms with Gasteiger partial charge in [0, 0.05) is 11.3 Å². The second-order valence-electron chi connectivity index (χ2n) is 3.49. The van der Waals surface area contributed by atoms with Crippen molar-refractivity contribution >= 4 is 11.7 Å². The molecule has 2 N–H and O–H groups in total. The van der Waals surface area contributed by atoms with Gasteiger partial charge >= 0.3 is 5.97 Å². The molecular weight excluding hydrogens is 194 g/mol. The van der Waals surface area contributed by atoms with Crippen LogP contribution in [-0.2, 0) is 4.79 Å². The maximum Gasteiger partial charge on any atom is 0.328 e. The van der Waals surface area contributed by atoms with Crippen LogP contribution in [0.5, 0.6) is 5.75 Å². The Morgan fingerprint density at radius 2 is 2.13 bits per heavy atom. The Kier molecular flexibility index (Phi) is 2.41. The summed E-state index contributed by atoms with van der Waals surface area (Å²) < 4.78 is 0. The number of carboxylic acids is 1. The monoisotopic (exact) mass is 205 g/mol. The molecule has 0 spiro atoms. The van der Waals surface area contributed by atoms with Gasteiger partial charge in [0.25, 0.3) is 0 Å². The van der Waals surface area contributed by atoms with E-state index in [4.69, 9.17) is 5.11 Å². The molecule has 1 aliphatic heterocycles. The van der Waals surface area contributed by atoms with Crippen molar-refractivity contribution in [2.45, 2.75) is 18.9 Å². The van der Waals surface area contributed by atoms with E-state index in [9.17, 15) is 9.90 Å². The Balaban J connectivity index is 2.30. The van der Waals surface area contributed by atoms with Crippen molar-refractivity contribution in [1.29, 1.82) is 0 Å². The normalized spacial score (nSPS) is 20.0. The molecule has 78 valence electrons. The highest BCUT2D eigenvalue weighted by molar-refractivity contribution is 6.05. The fraction of sp³-hybridized carbons (Fsp3) is 0.273. The number of hydrogen-bond acceptors (Lipinski definition) is 3. The van der Waals surface area contributed by atoms with Crippen molar-refractivity contribution in [2.75, 3.05) is 0 Å². The van der Waals surface area contributed by atoms with E-state index in [1.54, 1.807) is 24.3 Å². The molecule has 0 radical (unpaired) electrons. The van der Waals surface area contributed by atoms with Crippen LogP contribution in [0.1, 0.15) is 18.4 Å². The highest BCUT2D eigenvalue weighted by Crippen LogP contribution is 2.24. The third-order valence-corrected chi connectivity index (χ3v) is 2.47. The van der Waals surface area contributed by atoms with E-state index >= 15 is 0 Å². The molecule has 2 rings (SSSR count). The minimum absolute atomic E-state index is 0.155. The van der Waals surface area contributed by atoms with E-state index in [0.717, 1.165) is 0 Å². The first kappa shape index (κ1) is 9.71. The van der Waals surface area contributed by atoms with Gasteiger partial charge in [0.15, 0.2) is 0 Å². The Bertz CT molecular complexity index is 426. The number of rotatable bonds is 2. The number of para-hydroxylation sites is 1. The van der Waals surface area contributed by atoms with Crippen molar-refractivity contribution < 1.29 is 15.0 Å². The van der Waals surface area contributed by atoms with E-state index in [0.29, 0.717) is 24.1 Å². The average molecular weight is 205 g/mol. The van der Waals surface area contributed by atoms with Crippen LogP contribution in [0, 0.1) is 0 Å². The number of hydrogen-bond donors (Lipinski definition) is 2. The van der Waals surface area contributed by atoms with Gasteiger partial charge in [0.1, 0.15) is 11.8 Å². The lowest BCUT2D eigenvalue weighted by Crippen LogP contribution is -2.13. The van der Waals surface area contributed by atoms with Gasteiger partial charge in [-0.15, -0.1) is 0 Å². The Morgan fingerprint density at radius 3 is 2.73 bits per heavy atom. The highest BCUT2D eigenvalue weighted by atomic mass is 16.4. The third-order valence-electron chi connectivity index (χ3n) is 2.47. The topological polar surface area (TPSA) is 69.9 Å². The lowest BCUT2D eigenvalue weighted by Gasteiger charge is -2.02. The fourth-order valence-electron chi connectivity index (χ4n) is 1.69. The quantitative estimate of drug-likeness (QED) is 0.767. The minimum atomic E-state index is -0.902. The summed E-state index contributed by atoms with van der Waals surface area (Å²) in [6.07, 6.45) is 1.12. The van der Waals surface area contributed by atoms with Crippen LogP contribution in [0.4, 0.5) is 0 Å². The molecule has 1 aliphatic rings. The molecule has 0 unspecified atom stereocenters. The van der Waals surface area contributed by atoms with Crippen LogP contribution in [0.25, 0.3) is 0 Å². The number of benzene rings is 1. The van der Waals surface area contributed by atoms with Crippen molar-refractivity contribution in [1.82, 2.24) is 0 Å². The first-order chi connectivity index (χ1) is 7.18. The van der Waals surface area contributed by atoms with Crippen molar-refractivity contribution in [3.63, 3.8) is 0 Å². The molecule has 1 atom stereocenters. The van der Waals surface area contributed by atoms with Gasteiger partial charge in [0.2, 0.25) is 0 Å². The summed E-state index contributed by atoms with van der Waals surface area (Å²) in [5, 5.41) is 18.3. The van der Waals surface area contributed by atoms with Gasteiger partial charge in [-0.1, -0.05) is 12.1 Å². The van der Waals surface area contributed by atoms with Crippen LogP contribution in [-0.4, -0.2) is 27.9 Å². The van der Waals surface area contributed by atoms with Gasteiger partial charge in [-0.2, -0.15) is 0 Å². The first-order valence-corrected chi connectivity index (χ1v) is 4.76. The molecule has 1 heterocycles. The van der Waals surface area contributed by atoms with E-state index in [-0.39, 0.29) is 5.75 Å². The molecule has 4 nitrogen and oxygen atoms in total. The first-order valence-electron chi connectivity index (χ1n) is 4.76. The third kappa shape index (κ3) is 1.83. The van der Waals surface area contributed by atoms with E-state index in [2.05, 4.69) is 4.99 Å². The minimum Gasteiger partial charge on any atom is -0.507 e. The van der Waals surface area contributed by atoms with E-state index in [1.165, 1.54) is 0 Å². The van der Waals surface area contributed by atoms with Crippen molar-refractivity contribution in [2.24, 2.45) is 4.99 Å². The Labute approximate surface area is 86.9 Å². The number of carbonyl (C=O) groups is 1. The Hall–Kier alpha value is -1.84. The summed E-state index contributed by atoms with van der Waals surface area (Å²) in [6, 6.07) is 6.19. The van der Waals surface area contributed by atoms with Gasteiger partial charge in [-0.25, -0.2) is 4.79 Å². The SMILES string of the molecule is O=C(O)[C@@H]1CCC(c2ccccc2O)=N1. The predicted octanol–water partition coefficient (Wildman–Crippen LogP) is 1.43. The molecule has 0 aliphatic carbocycles. The number of aliphatic carboxylic acids is 1. The van der Waals surface area contributed by atoms with Gasteiger partial charge in [0.05, 0.1) is 0 Å². The molecular formula is C11H11NO3. The molecule has 1 aromatic carbocycles. The van der Waals surface area contributed by atoms with E-state index in [1.807, 2.05) is 0 Å². The summed E-state index contributed by atoms with van der Waals surface area (Å²) in [5.41, 5.74) is 1.32. The summed E-state index contributed by atoms with van der Waals surface area (Å²) in [6.45, 7) is 0. The molecule has 0 fully saturated rings. The summed E-state index contributed by atoms with van der Waals surface area (Å²) >= 11 is 0. The lowest BCUT2D eigenvalue weighted by molar-refractivity contribution is -0.138. The smallest absolute Gasteiger partial charge is 0.328 e. The zero-order chi connectivity index (χ0) is 10.8. The highest BCUT2D eigenvalue weighted by Gasteiger charge is 2.25. The molecule has 0 amide bonds. The van der Waals surface area contributed by atoms with Crippen molar-refractivity contribution in [3.8, 4) is 5.75 Å². The zero-order valence-corrected chi connectivity index (χ0v) is 8.05. The number of phenolic OH excluding ortho intramolecular Hbond substituents is 1. The summed E-state index contributed by atoms with van der Waals surface area (Å²) in [5.74, 6) is -0.747. The van der Waals surface area contributed by atoms with Crippen LogP contribution in [0.3, 0.4) is 0 Å². The number of aliphatic imine (C=N–C) groups is 1. The van der Waals surface area contributed by atoms with Crippen LogP contribution >= 0.6 is 0 Å². The second-order valence-corrected chi connectivity index (χ2v) is 3.49. The predicted molar refractivity (Wildman–Crippen MR) is 55.3 cm³/mol. The van der Waals surface area contributed by atoms with Gasteiger partial charge in [-0.05, 0) is 25.0 Å². The van der Waals surface area contributed by atoms with Gasteiger partial charge in [-0.3, -0.25) is 4.99 Å². The molecule has 0 saturated carbocycles. The van der Waals surface area contributed by atoms with Crippen LogP contribution in [0.2, 0.25) is 0 Å². The van der Waals surface area contributed by atoms with E-state index < -0.39 is 12.0 Å². The number of aromatic hydroxyl groups is 1. The molecule has 4 heteroatoms. The zero-order valence-electron chi connectivity index (χ0n) is 8.05. The molecule has 0 aromatic heterocycles. The molecule has 15 heavy (non-hydrogen) atoms. The number of carboxylic acid groups (broad SMARTS) is 1. The van der Waals surface area contributed by atoms with Crippen molar-refractivity contribution in [3.05, 3.63) is 29.8 Å². The summed E-state index contributed by atoms with van der Waals surface area (Å²) in [4.78, 5) is 14.8. The number of phenols is 1. The number of nitrogens with zero attached hydrogens (tertiary/aromatic N) is 1. The molecule has 0 bridgehead atoms. The van der Waals surface area contributed by atoms with Crippen LogP contribution < -0.4 is 0 Å². The standard InChI is InChI=1S/C11H11NO3/c13-10-4-2-1-3-7(10)8-5-6-9(12-8)11(14)15/h1-4,9,13H,5-6H2,(H,14,15)/t9-/m0/s1. The van der Waals surface area contributed by atoms with Crippen LogP contribution in [0.15, 0.2) is 29.3 Å². The lowest BCUT2D eigenvalue weighted by atomic mass is 10.1.